The topological polar surface area (TPSA) is 88.5 Å². The van der Waals surface area contributed by atoms with E-state index < -0.39 is 23.5 Å². The van der Waals surface area contributed by atoms with E-state index >= 15 is 0 Å². The lowest BCUT2D eigenvalue weighted by Crippen LogP contribution is -2.42. The summed E-state index contributed by atoms with van der Waals surface area (Å²) in [5.74, 6) is -1.58. The number of Topliss-reactive ketones (excluding diaryl/α,β-unsaturated/α-hetero) is 1. The van der Waals surface area contributed by atoms with Crippen LogP contribution in [0, 0.1) is 5.82 Å². The fourth-order valence-corrected chi connectivity index (χ4v) is 4.40. The van der Waals surface area contributed by atoms with Crippen molar-refractivity contribution in [3.05, 3.63) is 65.0 Å². The predicted octanol–water partition coefficient (Wildman–Crippen LogP) is 2.60. The fraction of sp³-hybridized carbons (Fsp3) is 0.360. The number of likely N-dealkylation sites (tertiary alicyclic amines) is 1. The SMILES string of the molecule is COc1cccc([C@H]2/C(=C(\O)c3ccc(F)cc3)C(=O)C(=O)N2CCN2CCOCC2)c1OC. The molecular formula is C25H27FN2O6. The molecule has 0 unspecified atom stereocenters. The number of aliphatic hydroxyl groups excluding tert-OH is 1. The Bertz CT molecular complexity index is 1100. The lowest BCUT2D eigenvalue weighted by atomic mass is 9.94. The Balaban J connectivity index is 1.81. The van der Waals surface area contributed by atoms with E-state index in [2.05, 4.69) is 4.90 Å². The molecule has 2 aromatic carbocycles. The number of ketones is 1. The molecule has 0 spiro atoms. The summed E-state index contributed by atoms with van der Waals surface area (Å²) < 4.78 is 29.9. The number of benzene rings is 2. The third-order valence-electron chi connectivity index (χ3n) is 6.15. The van der Waals surface area contributed by atoms with Gasteiger partial charge in [0.15, 0.2) is 11.5 Å². The van der Waals surface area contributed by atoms with Crippen molar-refractivity contribution in [2.24, 2.45) is 0 Å². The van der Waals surface area contributed by atoms with Gasteiger partial charge in [-0.25, -0.2) is 4.39 Å². The number of ether oxygens (including phenoxy) is 3. The summed E-state index contributed by atoms with van der Waals surface area (Å²) in [5, 5.41) is 11.1. The van der Waals surface area contributed by atoms with E-state index in [4.69, 9.17) is 14.2 Å². The molecule has 2 aromatic rings. The quantitative estimate of drug-likeness (QED) is 0.378. The summed E-state index contributed by atoms with van der Waals surface area (Å²) >= 11 is 0. The van der Waals surface area contributed by atoms with Crippen LogP contribution in [0.2, 0.25) is 0 Å². The molecule has 0 bridgehead atoms. The van der Waals surface area contributed by atoms with Crippen LogP contribution in [0.15, 0.2) is 48.0 Å². The molecule has 9 heteroatoms. The number of para-hydroxylation sites is 1. The zero-order valence-electron chi connectivity index (χ0n) is 19.1. The van der Waals surface area contributed by atoms with E-state index in [0.717, 1.165) is 13.1 Å². The van der Waals surface area contributed by atoms with Crippen LogP contribution < -0.4 is 9.47 Å². The molecule has 2 fully saturated rings. The van der Waals surface area contributed by atoms with Gasteiger partial charge in [-0.3, -0.25) is 14.5 Å². The number of morpholine rings is 1. The first-order valence-electron chi connectivity index (χ1n) is 11.0. The largest absolute Gasteiger partial charge is 0.507 e. The number of hydrogen-bond acceptors (Lipinski definition) is 7. The number of methoxy groups -OCH3 is 2. The average molecular weight is 470 g/mol. The van der Waals surface area contributed by atoms with E-state index in [1.807, 2.05) is 0 Å². The van der Waals surface area contributed by atoms with Gasteiger partial charge in [-0.2, -0.15) is 0 Å². The second-order valence-corrected chi connectivity index (χ2v) is 8.04. The molecule has 0 radical (unpaired) electrons. The molecule has 180 valence electrons. The number of halogens is 1. The Kier molecular flexibility index (Phi) is 7.14. The Labute approximate surface area is 197 Å². The van der Waals surface area contributed by atoms with Crippen LogP contribution in [0.25, 0.3) is 5.76 Å². The monoisotopic (exact) mass is 470 g/mol. The van der Waals surface area contributed by atoms with Crippen LogP contribution in [0.1, 0.15) is 17.2 Å². The molecule has 0 saturated carbocycles. The van der Waals surface area contributed by atoms with Crippen molar-refractivity contribution in [2.45, 2.75) is 6.04 Å². The number of aliphatic hydroxyl groups is 1. The van der Waals surface area contributed by atoms with Gasteiger partial charge in [-0.1, -0.05) is 12.1 Å². The maximum atomic E-state index is 13.5. The van der Waals surface area contributed by atoms with E-state index in [1.54, 1.807) is 18.2 Å². The first-order valence-corrected chi connectivity index (χ1v) is 11.0. The van der Waals surface area contributed by atoms with Crippen LogP contribution in [-0.2, 0) is 14.3 Å². The number of nitrogens with zero attached hydrogens (tertiary/aromatic N) is 2. The highest BCUT2D eigenvalue weighted by molar-refractivity contribution is 6.46. The number of amides is 1. The van der Waals surface area contributed by atoms with E-state index in [9.17, 15) is 19.1 Å². The molecule has 2 saturated heterocycles. The summed E-state index contributed by atoms with van der Waals surface area (Å²) in [6.45, 7) is 3.47. The van der Waals surface area contributed by atoms with Gasteiger partial charge in [0, 0.05) is 37.3 Å². The van der Waals surface area contributed by atoms with E-state index in [-0.39, 0.29) is 23.4 Å². The zero-order valence-corrected chi connectivity index (χ0v) is 19.1. The first-order chi connectivity index (χ1) is 16.5. The minimum Gasteiger partial charge on any atom is -0.507 e. The minimum atomic E-state index is -0.906. The number of carbonyl (C=O) groups excluding carboxylic acids is 2. The Morgan fingerprint density at radius 3 is 2.41 bits per heavy atom. The van der Waals surface area contributed by atoms with Crippen molar-refractivity contribution in [3.63, 3.8) is 0 Å². The molecule has 2 aliphatic heterocycles. The highest BCUT2D eigenvalue weighted by atomic mass is 19.1. The maximum absolute atomic E-state index is 13.5. The lowest BCUT2D eigenvalue weighted by molar-refractivity contribution is -0.140. The van der Waals surface area contributed by atoms with Crippen molar-refractivity contribution in [1.29, 1.82) is 0 Å². The third kappa shape index (κ3) is 4.49. The third-order valence-corrected chi connectivity index (χ3v) is 6.15. The van der Waals surface area contributed by atoms with Crippen molar-refractivity contribution in [2.75, 3.05) is 53.6 Å². The van der Waals surface area contributed by atoms with Crippen molar-refractivity contribution < 1.29 is 33.3 Å². The number of hydrogen-bond donors (Lipinski definition) is 1. The molecular weight excluding hydrogens is 443 g/mol. The predicted molar refractivity (Wildman–Crippen MR) is 122 cm³/mol. The standard InChI is InChI=1S/C25H27FN2O6/c1-32-19-5-3-4-18(24(19)33-2)21-20(22(29)16-6-8-17(26)9-7-16)23(30)25(31)28(21)11-10-27-12-14-34-15-13-27/h3-9,21,29H,10-15H2,1-2H3/b22-20+/t21-/m0/s1. The smallest absolute Gasteiger partial charge is 0.295 e. The molecule has 1 amide bonds. The Hall–Kier alpha value is -3.43. The Morgan fingerprint density at radius 1 is 1.06 bits per heavy atom. The molecule has 1 atom stereocenters. The van der Waals surface area contributed by atoms with Gasteiger partial charge in [0.05, 0.1) is 39.0 Å². The molecule has 2 heterocycles. The van der Waals surface area contributed by atoms with E-state index in [1.165, 1.54) is 43.4 Å². The summed E-state index contributed by atoms with van der Waals surface area (Å²) in [7, 11) is 2.97. The summed E-state index contributed by atoms with van der Waals surface area (Å²) in [4.78, 5) is 30.0. The summed E-state index contributed by atoms with van der Waals surface area (Å²) in [6.07, 6.45) is 0. The van der Waals surface area contributed by atoms with Crippen LogP contribution in [0.5, 0.6) is 11.5 Å². The minimum absolute atomic E-state index is 0.0786. The molecule has 0 aliphatic carbocycles. The van der Waals surface area contributed by atoms with Gasteiger partial charge in [0.25, 0.3) is 11.7 Å². The first kappa shape index (κ1) is 23.7. The Morgan fingerprint density at radius 2 is 1.76 bits per heavy atom. The molecule has 8 nitrogen and oxygen atoms in total. The van der Waals surface area contributed by atoms with Crippen molar-refractivity contribution >= 4 is 17.4 Å². The van der Waals surface area contributed by atoms with Crippen LogP contribution in [-0.4, -0.2) is 80.2 Å². The molecule has 34 heavy (non-hydrogen) atoms. The van der Waals surface area contributed by atoms with Gasteiger partial charge < -0.3 is 24.2 Å². The number of rotatable bonds is 7. The van der Waals surface area contributed by atoms with Crippen LogP contribution in [0.3, 0.4) is 0 Å². The molecule has 0 aromatic heterocycles. The summed E-state index contributed by atoms with van der Waals surface area (Å²) in [6, 6.07) is 9.37. The second-order valence-electron chi connectivity index (χ2n) is 8.04. The van der Waals surface area contributed by atoms with Gasteiger partial charge in [0.2, 0.25) is 0 Å². The zero-order chi connectivity index (χ0) is 24.2. The maximum Gasteiger partial charge on any atom is 0.295 e. The van der Waals surface area contributed by atoms with Gasteiger partial charge in [-0.15, -0.1) is 0 Å². The van der Waals surface area contributed by atoms with Crippen LogP contribution >= 0.6 is 0 Å². The van der Waals surface area contributed by atoms with Gasteiger partial charge in [-0.05, 0) is 30.3 Å². The molecule has 4 rings (SSSR count). The van der Waals surface area contributed by atoms with Crippen LogP contribution in [0.4, 0.5) is 4.39 Å². The highest BCUT2D eigenvalue weighted by Crippen LogP contribution is 2.45. The van der Waals surface area contributed by atoms with Crippen molar-refractivity contribution in [3.8, 4) is 11.5 Å². The van der Waals surface area contributed by atoms with Gasteiger partial charge >= 0.3 is 0 Å². The number of carbonyl (C=O) groups is 2. The summed E-state index contributed by atoms with van der Waals surface area (Å²) in [5.41, 5.74) is 0.663. The van der Waals surface area contributed by atoms with Gasteiger partial charge in [0.1, 0.15) is 11.6 Å². The normalized spacial score (nSPS) is 20.6. The molecule has 1 N–H and O–H groups in total. The van der Waals surface area contributed by atoms with Crippen molar-refractivity contribution in [1.82, 2.24) is 9.80 Å². The lowest BCUT2D eigenvalue weighted by Gasteiger charge is -2.31. The highest BCUT2D eigenvalue weighted by Gasteiger charge is 2.47. The molecule has 2 aliphatic rings. The average Bonchev–Trinajstić information content (AvgIpc) is 3.12. The fourth-order valence-electron chi connectivity index (χ4n) is 4.40. The second kappa shape index (κ2) is 10.2. The van der Waals surface area contributed by atoms with E-state index in [0.29, 0.717) is 36.8 Å².